The number of hydrogen-bond acceptors (Lipinski definition) is 4. The van der Waals surface area contributed by atoms with Crippen molar-refractivity contribution in [2.24, 2.45) is 0 Å². The standard InChI is InChI=1S/C26H24FN3O3/c1-32-20-11-12-24(33-2)23(14-20)29-16-18(13-25(29)31)26-28-21-5-3-4-6-22(21)30(26)15-17-7-9-19(27)10-8-17/h3-12,14,18H,13,15-16H2,1-2H3/t18-/m0/s1. The monoisotopic (exact) mass is 445 g/mol. The smallest absolute Gasteiger partial charge is 0.227 e. The van der Waals surface area contributed by atoms with Gasteiger partial charge in [-0.2, -0.15) is 0 Å². The normalized spacial score (nSPS) is 15.9. The van der Waals surface area contributed by atoms with Crippen LogP contribution in [0, 0.1) is 5.82 Å². The van der Waals surface area contributed by atoms with Gasteiger partial charge in [-0.3, -0.25) is 4.79 Å². The van der Waals surface area contributed by atoms with Crippen molar-refractivity contribution in [1.29, 1.82) is 0 Å². The number of amides is 1. The molecule has 1 atom stereocenters. The molecule has 1 aromatic heterocycles. The number of benzene rings is 3. The molecule has 5 rings (SSSR count). The lowest BCUT2D eigenvalue weighted by molar-refractivity contribution is -0.117. The van der Waals surface area contributed by atoms with Gasteiger partial charge in [-0.15, -0.1) is 0 Å². The van der Waals surface area contributed by atoms with Crippen LogP contribution in [0.3, 0.4) is 0 Å². The molecule has 7 heteroatoms. The maximum absolute atomic E-state index is 13.4. The number of hydrogen-bond donors (Lipinski definition) is 0. The van der Waals surface area contributed by atoms with Gasteiger partial charge in [0.25, 0.3) is 0 Å². The lowest BCUT2D eigenvalue weighted by Crippen LogP contribution is -2.25. The molecule has 2 heterocycles. The van der Waals surface area contributed by atoms with Crippen molar-refractivity contribution in [3.8, 4) is 11.5 Å². The maximum atomic E-state index is 13.4. The number of anilines is 1. The van der Waals surface area contributed by atoms with Crippen molar-refractivity contribution in [2.45, 2.75) is 18.9 Å². The second-order valence-electron chi connectivity index (χ2n) is 8.11. The van der Waals surface area contributed by atoms with Gasteiger partial charge in [-0.1, -0.05) is 24.3 Å². The topological polar surface area (TPSA) is 56.6 Å². The minimum absolute atomic E-state index is 0.00643. The molecule has 0 radical (unpaired) electrons. The van der Waals surface area contributed by atoms with Crippen molar-refractivity contribution < 1.29 is 18.7 Å². The second-order valence-corrected chi connectivity index (χ2v) is 8.11. The number of imidazole rings is 1. The Morgan fingerprint density at radius 1 is 1.03 bits per heavy atom. The van der Waals surface area contributed by atoms with Crippen molar-refractivity contribution in [2.75, 3.05) is 25.7 Å². The van der Waals surface area contributed by atoms with Crippen LogP contribution in [0.4, 0.5) is 10.1 Å². The summed E-state index contributed by atoms with van der Waals surface area (Å²) in [5, 5.41) is 0. The molecule has 168 valence electrons. The predicted molar refractivity (Wildman–Crippen MR) is 124 cm³/mol. The molecule has 33 heavy (non-hydrogen) atoms. The molecule has 0 spiro atoms. The average molecular weight is 445 g/mol. The summed E-state index contributed by atoms with van der Waals surface area (Å²) in [6, 6.07) is 19.8. The third-order valence-electron chi connectivity index (χ3n) is 6.11. The van der Waals surface area contributed by atoms with Gasteiger partial charge in [0.15, 0.2) is 0 Å². The zero-order chi connectivity index (χ0) is 22.9. The van der Waals surface area contributed by atoms with E-state index >= 15 is 0 Å². The van der Waals surface area contributed by atoms with Gasteiger partial charge in [0.2, 0.25) is 5.91 Å². The van der Waals surface area contributed by atoms with Crippen LogP contribution in [0.25, 0.3) is 11.0 Å². The number of halogens is 1. The summed E-state index contributed by atoms with van der Waals surface area (Å²) in [7, 11) is 3.18. The number of rotatable bonds is 6. The van der Waals surface area contributed by atoms with E-state index in [9.17, 15) is 9.18 Å². The molecule has 1 aliphatic heterocycles. The minimum Gasteiger partial charge on any atom is -0.497 e. The first-order valence-corrected chi connectivity index (χ1v) is 10.8. The van der Waals surface area contributed by atoms with Gasteiger partial charge in [0.1, 0.15) is 23.1 Å². The SMILES string of the molecule is COc1ccc(OC)c(N2C[C@@H](c3nc4ccccc4n3Cc3ccc(F)cc3)CC2=O)c1. The Morgan fingerprint density at radius 2 is 1.82 bits per heavy atom. The first-order valence-electron chi connectivity index (χ1n) is 10.8. The van der Waals surface area contributed by atoms with Crippen LogP contribution in [0.1, 0.15) is 23.7 Å². The van der Waals surface area contributed by atoms with Crippen molar-refractivity contribution >= 4 is 22.6 Å². The van der Waals surface area contributed by atoms with Gasteiger partial charge in [-0.25, -0.2) is 9.37 Å². The summed E-state index contributed by atoms with van der Waals surface area (Å²) in [6.07, 6.45) is 0.340. The number of ether oxygens (including phenoxy) is 2. The molecule has 1 fully saturated rings. The van der Waals surface area contributed by atoms with E-state index in [1.54, 1.807) is 37.3 Å². The molecule has 1 amide bonds. The Labute approximate surface area is 191 Å². The van der Waals surface area contributed by atoms with E-state index in [-0.39, 0.29) is 17.6 Å². The average Bonchev–Trinajstić information content (AvgIpc) is 3.40. The van der Waals surface area contributed by atoms with E-state index in [1.165, 1.54) is 12.1 Å². The van der Waals surface area contributed by atoms with Crippen LogP contribution in [0.15, 0.2) is 66.7 Å². The Morgan fingerprint density at radius 3 is 2.58 bits per heavy atom. The Balaban J connectivity index is 1.52. The zero-order valence-corrected chi connectivity index (χ0v) is 18.5. The lowest BCUT2D eigenvalue weighted by Gasteiger charge is -2.20. The van der Waals surface area contributed by atoms with E-state index in [2.05, 4.69) is 4.57 Å². The van der Waals surface area contributed by atoms with Gasteiger partial charge < -0.3 is 18.9 Å². The maximum Gasteiger partial charge on any atom is 0.227 e. The fraction of sp³-hybridized carbons (Fsp3) is 0.231. The highest BCUT2D eigenvalue weighted by atomic mass is 19.1. The summed E-state index contributed by atoms with van der Waals surface area (Å²) in [5.41, 5.74) is 3.52. The van der Waals surface area contributed by atoms with Crippen molar-refractivity contribution in [1.82, 2.24) is 9.55 Å². The quantitative estimate of drug-likeness (QED) is 0.429. The van der Waals surface area contributed by atoms with Crippen molar-refractivity contribution in [3.63, 3.8) is 0 Å². The molecule has 4 aromatic rings. The highest BCUT2D eigenvalue weighted by molar-refractivity contribution is 5.98. The lowest BCUT2D eigenvalue weighted by atomic mass is 10.1. The highest BCUT2D eigenvalue weighted by Crippen LogP contribution is 2.39. The van der Waals surface area contributed by atoms with E-state index < -0.39 is 0 Å². The number of methoxy groups -OCH3 is 2. The molecule has 0 bridgehead atoms. The summed E-state index contributed by atoms with van der Waals surface area (Å²) in [6.45, 7) is 1.03. The van der Waals surface area contributed by atoms with E-state index in [1.807, 2.05) is 36.4 Å². The van der Waals surface area contributed by atoms with Crippen LogP contribution in [-0.4, -0.2) is 36.2 Å². The molecule has 0 N–H and O–H groups in total. The van der Waals surface area contributed by atoms with Gasteiger partial charge in [-0.05, 0) is 42.0 Å². The third-order valence-corrected chi connectivity index (χ3v) is 6.11. The van der Waals surface area contributed by atoms with Crippen LogP contribution in [-0.2, 0) is 11.3 Å². The van der Waals surface area contributed by atoms with Gasteiger partial charge in [0.05, 0.1) is 30.9 Å². The molecule has 3 aromatic carbocycles. The minimum atomic E-state index is -0.265. The molecule has 0 saturated carbocycles. The molecule has 1 saturated heterocycles. The number of fused-ring (bicyclic) bond motifs is 1. The van der Waals surface area contributed by atoms with Gasteiger partial charge in [0, 0.05) is 31.5 Å². The van der Waals surface area contributed by atoms with Crippen LogP contribution < -0.4 is 14.4 Å². The number of nitrogens with zero attached hydrogens (tertiary/aromatic N) is 3. The van der Waals surface area contributed by atoms with E-state index in [0.717, 1.165) is 22.4 Å². The molecule has 1 aliphatic rings. The number of aromatic nitrogens is 2. The van der Waals surface area contributed by atoms with E-state index in [0.29, 0.717) is 36.7 Å². The number of carbonyl (C=O) groups excluding carboxylic acids is 1. The molecular formula is C26H24FN3O3. The molecule has 6 nitrogen and oxygen atoms in total. The first-order chi connectivity index (χ1) is 16.1. The Bertz CT molecular complexity index is 1320. The Kier molecular flexibility index (Phi) is 5.46. The first kappa shape index (κ1) is 21.0. The number of carbonyl (C=O) groups is 1. The van der Waals surface area contributed by atoms with Crippen LogP contribution in [0.5, 0.6) is 11.5 Å². The largest absolute Gasteiger partial charge is 0.497 e. The zero-order valence-electron chi connectivity index (χ0n) is 18.5. The van der Waals surface area contributed by atoms with Crippen LogP contribution in [0.2, 0.25) is 0 Å². The second kappa shape index (κ2) is 8.58. The van der Waals surface area contributed by atoms with Crippen LogP contribution >= 0.6 is 0 Å². The summed E-state index contributed by atoms with van der Waals surface area (Å²) >= 11 is 0. The Hall–Kier alpha value is -3.87. The van der Waals surface area contributed by atoms with Gasteiger partial charge >= 0.3 is 0 Å². The summed E-state index contributed by atoms with van der Waals surface area (Å²) < 4.78 is 26.4. The predicted octanol–water partition coefficient (Wildman–Crippen LogP) is 4.76. The molecular weight excluding hydrogens is 421 g/mol. The summed E-state index contributed by atoms with van der Waals surface area (Å²) in [5.74, 6) is 1.76. The third kappa shape index (κ3) is 3.91. The van der Waals surface area contributed by atoms with E-state index in [4.69, 9.17) is 14.5 Å². The van der Waals surface area contributed by atoms with Crippen molar-refractivity contribution in [3.05, 3.63) is 83.9 Å². The number of para-hydroxylation sites is 2. The highest BCUT2D eigenvalue weighted by Gasteiger charge is 2.36. The molecule has 0 unspecified atom stereocenters. The summed E-state index contributed by atoms with van der Waals surface area (Å²) in [4.78, 5) is 19.7. The fourth-order valence-corrected chi connectivity index (χ4v) is 4.47. The molecule has 0 aliphatic carbocycles. The fourth-order valence-electron chi connectivity index (χ4n) is 4.47.